The maximum absolute atomic E-state index is 13.8. The highest BCUT2D eigenvalue weighted by atomic mass is 32.2. The molecule has 3 aliphatic rings. The Hall–Kier alpha value is -6.36. The van der Waals surface area contributed by atoms with E-state index in [2.05, 4.69) is 27.7 Å². The third-order valence-electron chi connectivity index (χ3n) is 16.4. The summed E-state index contributed by atoms with van der Waals surface area (Å²) in [6.45, 7) is 13.8. The summed E-state index contributed by atoms with van der Waals surface area (Å²) < 4.78 is 47.8. The number of ether oxygens (including phenoxy) is 8. The minimum absolute atomic E-state index is 0.0526. The highest BCUT2D eigenvalue weighted by Crippen LogP contribution is 2.41. The van der Waals surface area contributed by atoms with Gasteiger partial charge in [0.15, 0.2) is 46.0 Å². The SMILES string of the molecule is CCSC(SCC)[C@@H]1CCCN1C(=O)c1cc(OC)c(OCCCCCCOc2ccc(/C=C/C(=O)N3CCN(C(=O)/C=C/c4ccc(OCCCCCCOc5cc(N)c(C(=O)N6CCC[C@H]6C(SCC)SCC)cc5OC)c(OC)c4)CC3)cc2OC)cc1N. The van der Waals surface area contributed by atoms with Crippen molar-refractivity contribution >= 4 is 94.2 Å². The predicted molar refractivity (Wildman–Crippen MR) is 379 cm³/mol. The minimum atomic E-state index is -0.133. The van der Waals surface area contributed by atoms with Crippen LogP contribution in [0, 0.1) is 0 Å². The van der Waals surface area contributed by atoms with Crippen LogP contribution in [0.25, 0.3) is 12.2 Å². The van der Waals surface area contributed by atoms with Crippen LogP contribution in [0.15, 0.2) is 72.8 Å². The zero-order valence-corrected chi connectivity index (χ0v) is 58.5. The fourth-order valence-corrected chi connectivity index (χ4v) is 17.3. The second-order valence-corrected chi connectivity index (χ2v) is 28.8. The summed E-state index contributed by atoms with van der Waals surface area (Å²) in [6, 6.07) is 18.4. The molecule has 2 atom stereocenters. The van der Waals surface area contributed by atoms with Crippen molar-refractivity contribution in [2.75, 3.05) is 129 Å². The van der Waals surface area contributed by atoms with E-state index in [1.807, 2.05) is 93.2 Å². The molecule has 4 amide bonds. The fraction of sp³-hybridized carbons (Fsp3) is 0.543. The molecule has 92 heavy (non-hydrogen) atoms. The molecule has 0 aliphatic carbocycles. The molecule has 0 saturated carbocycles. The van der Waals surface area contributed by atoms with Gasteiger partial charge in [-0.1, -0.05) is 39.8 Å². The number of methoxy groups -OCH3 is 4. The maximum Gasteiger partial charge on any atom is 0.256 e. The van der Waals surface area contributed by atoms with Crippen molar-refractivity contribution in [1.29, 1.82) is 0 Å². The van der Waals surface area contributed by atoms with Gasteiger partial charge in [-0.05, 0) is 160 Å². The van der Waals surface area contributed by atoms with Crippen molar-refractivity contribution in [3.8, 4) is 46.0 Å². The number of anilines is 2. The Morgan fingerprint density at radius 1 is 0.446 bits per heavy atom. The smallest absolute Gasteiger partial charge is 0.256 e. The Balaban J connectivity index is 0.755. The average molecular weight is 1340 g/mol. The lowest BCUT2D eigenvalue weighted by Gasteiger charge is -2.33. The van der Waals surface area contributed by atoms with Crippen molar-refractivity contribution in [2.24, 2.45) is 0 Å². The van der Waals surface area contributed by atoms with Crippen LogP contribution in [-0.4, -0.2) is 182 Å². The number of carbonyl (C=O) groups is 4. The number of nitrogens with zero attached hydrogens (tertiary/aromatic N) is 4. The number of likely N-dealkylation sites (tertiary alicyclic amines) is 2. The molecule has 504 valence electrons. The third kappa shape index (κ3) is 20.8. The van der Waals surface area contributed by atoms with Crippen LogP contribution in [0.2, 0.25) is 0 Å². The molecular formula is C70H98N6O12S4. The summed E-state index contributed by atoms with van der Waals surface area (Å²) in [5.41, 5.74) is 16.3. The molecule has 3 aliphatic heterocycles. The Bertz CT molecular complexity index is 2860. The van der Waals surface area contributed by atoms with Crippen LogP contribution in [-0.2, 0) is 9.59 Å². The van der Waals surface area contributed by atoms with Gasteiger partial charge in [0.25, 0.3) is 11.8 Å². The molecule has 22 heteroatoms. The van der Waals surface area contributed by atoms with E-state index in [1.165, 1.54) is 0 Å². The summed E-state index contributed by atoms with van der Waals surface area (Å²) in [5, 5.41) is 0. The fourth-order valence-electron chi connectivity index (χ4n) is 11.6. The molecule has 3 fully saturated rings. The Kier molecular flexibility index (Phi) is 30.8. The summed E-state index contributed by atoms with van der Waals surface area (Å²) in [4.78, 5) is 61.7. The van der Waals surface area contributed by atoms with Crippen molar-refractivity contribution in [3.63, 3.8) is 0 Å². The van der Waals surface area contributed by atoms with Gasteiger partial charge < -0.3 is 69.0 Å². The van der Waals surface area contributed by atoms with Crippen LogP contribution in [0.4, 0.5) is 11.4 Å². The van der Waals surface area contributed by atoms with Crippen molar-refractivity contribution in [2.45, 2.75) is 126 Å². The number of hydrogen-bond donors (Lipinski definition) is 2. The lowest BCUT2D eigenvalue weighted by atomic mass is 10.1. The first-order valence-electron chi connectivity index (χ1n) is 32.6. The molecule has 0 spiro atoms. The number of nitrogen functional groups attached to an aromatic ring is 2. The summed E-state index contributed by atoms with van der Waals surface area (Å²) >= 11 is 7.64. The van der Waals surface area contributed by atoms with Crippen LogP contribution in [0.1, 0.15) is 137 Å². The monoisotopic (exact) mass is 1340 g/mol. The van der Waals surface area contributed by atoms with E-state index in [1.54, 1.807) is 86.8 Å². The Morgan fingerprint density at radius 2 is 0.772 bits per heavy atom. The van der Waals surface area contributed by atoms with Gasteiger partial charge in [-0.15, -0.1) is 47.0 Å². The first-order chi connectivity index (χ1) is 44.8. The number of piperazine rings is 1. The minimum Gasteiger partial charge on any atom is -0.493 e. The Labute approximate surface area is 563 Å². The number of thioether (sulfide) groups is 4. The van der Waals surface area contributed by atoms with Gasteiger partial charge in [0, 0.05) is 74.9 Å². The topological polar surface area (TPSA) is 207 Å². The van der Waals surface area contributed by atoms with E-state index in [0.29, 0.717) is 130 Å². The van der Waals surface area contributed by atoms with Gasteiger partial charge >= 0.3 is 0 Å². The Morgan fingerprint density at radius 3 is 1.10 bits per heavy atom. The lowest BCUT2D eigenvalue weighted by Crippen LogP contribution is -2.49. The molecule has 4 aromatic carbocycles. The third-order valence-corrected chi connectivity index (χ3v) is 22.0. The van der Waals surface area contributed by atoms with Gasteiger partial charge in [-0.2, -0.15) is 0 Å². The van der Waals surface area contributed by atoms with Crippen LogP contribution in [0.5, 0.6) is 46.0 Å². The lowest BCUT2D eigenvalue weighted by molar-refractivity contribution is -0.133. The molecule has 0 radical (unpaired) electrons. The van der Waals surface area contributed by atoms with Crippen molar-refractivity contribution in [3.05, 3.63) is 95.1 Å². The molecule has 0 aromatic heterocycles. The molecule has 7 rings (SSSR count). The van der Waals surface area contributed by atoms with Crippen LogP contribution < -0.4 is 49.4 Å². The summed E-state index contributed by atoms with van der Waals surface area (Å²) in [6.07, 6.45) is 17.6. The van der Waals surface area contributed by atoms with Crippen LogP contribution in [0.3, 0.4) is 0 Å². The zero-order chi connectivity index (χ0) is 65.8. The van der Waals surface area contributed by atoms with Gasteiger partial charge in [0.05, 0.1) is 87.2 Å². The number of nitrogens with two attached hydrogens (primary N) is 2. The first-order valence-corrected chi connectivity index (χ1v) is 36.8. The highest BCUT2D eigenvalue weighted by Gasteiger charge is 2.38. The normalized spacial score (nSPS) is 15.9. The molecular weight excluding hydrogens is 1250 g/mol. The van der Waals surface area contributed by atoms with E-state index in [9.17, 15) is 19.2 Å². The first kappa shape index (κ1) is 73.1. The summed E-state index contributed by atoms with van der Waals surface area (Å²) in [7, 11) is 6.35. The largest absolute Gasteiger partial charge is 0.493 e. The summed E-state index contributed by atoms with van der Waals surface area (Å²) in [5.74, 6) is 8.10. The van der Waals surface area contributed by atoms with Crippen molar-refractivity contribution < 1.29 is 57.1 Å². The van der Waals surface area contributed by atoms with E-state index >= 15 is 0 Å². The van der Waals surface area contributed by atoms with Gasteiger partial charge in [0.1, 0.15) is 0 Å². The molecule has 4 N–H and O–H groups in total. The van der Waals surface area contributed by atoms with Crippen molar-refractivity contribution in [1.82, 2.24) is 19.6 Å². The number of carbonyl (C=O) groups excluding carboxylic acids is 4. The molecule has 3 heterocycles. The molecule has 18 nitrogen and oxygen atoms in total. The second-order valence-electron chi connectivity index (χ2n) is 22.5. The predicted octanol–water partition coefficient (Wildman–Crippen LogP) is 13.2. The molecule has 4 aromatic rings. The molecule has 3 saturated heterocycles. The maximum atomic E-state index is 13.8. The molecule has 0 unspecified atom stereocenters. The van der Waals surface area contributed by atoms with Crippen LogP contribution >= 0.6 is 47.0 Å². The number of amides is 4. The van der Waals surface area contributed by atoms with E-state index < -0.39 is 0 Å². The number of hydrogen-bond acceptors (Lipinski definition) is 18. The van der Waals surface area contributed by atoms with Gasteiger partial charge in [-0.25, -0.2) is 0 Å². The average Bonchev–Trinajstić information content (AvgIpc) is 1.47. The standard InChI is InChI=1S/C70H98N6O12S4/c1-9-89-69(90-10-2)55-23-21-33-75(55)67(79)51-45-61(83-7)63(47-53(51)71)87-41-19-15-13-17-39-85-57-29-25-49(43-59(57)81-5)27-31-65(77)73-35-37-74(38-36-73)66(78)32-28-50-26-30-58(60(44-50)82-6)86-40-18-14-16-20-42-88-64-48-54(72)52(46-62(64)84-8)68(80)76-34-22-24-56(76)70(91-11-3)92-12-4/h25-32,43-48,55-56,69-70H,9-24,33-42,71-72H2,1-8H3/b31-27+,32-28+/t55-,56-/m0/s1. The highest BCUT2D eigenvalue weighted by molar-refractivity contribution is 8.17. The van der Waals surface area contributed by atoms with E-state index in [0.717, 1.165) is 124 Å². The zero-order valence-electron chi connectivity index (χ0n) is 55.3. The van der Waals surface area contributed by atoms with E-state index in [4.69, 9.17) is 49.4 Å². The molecule has 0 bridgehead atoms. The number of unbranched alkanes of at least 4 members (excludes halogenated alkanes) is 6. The number of benzene rings is 4. The van der Waals surface area contributed by atoms with Gasteiger partial charge in [-0.3, -0.25) is 19.2 Å². The van der Waals surface area contributed by atoms with Gasteiger partial charge in [0.2, 0.25) is 11.8 Å². The second kappa shape index (κ2) is 38.7. The van der Waals surface area contributed by atoms with E-state index in [-0.39, 0.29) is 35.7 Å². The quantitative estimate of drug-likeness (QED) is 0.0185. The number of rotatable bonds is 38.